The van der Waals surface area contributed by atoms with Crippen LogP contribution in [0, 0.1) is 13.8 Å². The topological polar surface area (TPSA) is 58.2 Å². The van der Waals surface area contributed by atoms with Crippen LogP contribution in [0.15, 0.2) is 47.4 Å². The number of thioether (sulfide) groups is 1. The van der Waals surface area contributed by atoms with Gasteiger partial charge in [-0.3, -0.25) is 9.59 Å². The van der Waals surface area contributed by atoms with Crippen molar-refractivity contribution in [2.75, 3.05) is 11.9 Å². The Balaban J connectivity index is 1.83. The highest BCUT2D eigenvalue weighted by molar-refractivity contribution is 8.00. The monoisotopic (exact) mass is 376 g/mol. The number of rotatable bonds is 6. The molecule has 4 nitrogen and oxygen atoms in total. The molecule has 0 spiro atoms. The van der Waals surface area contributed by atoms with Crippen LogP contribution in [0.2, 0.25) is 5.02 Å². The third-order valence-electron chi connectivity index (χ3n) is 3.80. The van der Waals surface area contributed by atoms with Crippen molar-refractivity contribution in [2.45, 2.75) is 30.9 Å². The number of carbonyl (C=O) groups is 2. The molecule has 0 saturated heterocycles. The molecule has 6 heteroatoms. The molecule has 2 aromatic carbocycles. The van der Waals surface area contributed by atoms with Crippen LogP contribution in [0.5, 0.6) is 0 Å². The van der Waals surface area contributed by atoms with Crippen molar-refractivity contribution in [3.63, 3.8) is 0 Å². The summed E-state index contributed by atoms with van der Waals surface area (Å²) in [5, 5.41) is 5.84. The van der Waals surface area contributed by atoms with Crippen molar-refractivity contribution in [3.05, 3.63) is 58.6 Å². The van der Waals surface area contributed by atoms with Gasteiger partial charge < -0.3 is 10.6 Å². The lowest BCUT2D eigenvalue weighted by Crippen LogP contribution is -2.37. The molecule has 0 saturated carbocycles. The van der Waals surface area contributed by atoms with Gasteiger partial charge in [0.2, 0.25) is 11.8 Å². The summed E-state index contributed by atoms with van der Waals surface area (Å²) in [6.45, 7) is 5.69. The normalized spacial score (nSPS) is 11.7. The summed E-state index contributed by atoms with van der Waals surface area (Å²) in [6, 6.07) is 13.0. The number of nitrogens with one attached hydrogen (secondary N) is 2. The molecule has 0 fully saturated rings. The number of anilines is 1. The number of carbonyl (C=O) groups excluding carboxylic acids is 2. The van der Waals surface area contributed by atoms with E-state index in [0.29, 0.717) is 5.02 Å². The maximum Gasteiger partial charge on any atom is 0.243 e. The summed E-state index contributed by atoms with van der Waals surface area (Å²) in [6.07, 6.45) is 0. The summed E-state index contributed by atoms with van der Waals surface area (Å²) in [5.41, 5.74) is 2.89. The molecule has 2 N–H and O–H groups in total. The first-order chi connectivity index (χ1) is 11.9. The fourth-order valence-corrected chi connectivity index (χ4v) is 3.18. The van der Waals surface area contributed by atoms with Gasteiger partial charge in [-0.15, -0.1) is 11.8 Å². The van der Waals surface area contributed by atoms with Crippen molar-refractivity contribution in [1.82, 2.24) is 5.32 Å². The molecular formula is C19H21ClN2O2S. The van der Waals surface area contributed by atoms with E-state index in [-0.39, 0.29) is 23.6 Å². The lowest BCUT2D eigenvalue weighted by Gasteiger charge is -2.13. The summed E-state index contributed by atoms with van der Waals surface area (Å²) < 4.78 is 0. The van der Waals surface area contributed by atoms with E-state index in [0.717, 1.165) is 21.7 Å². The number of aryl methyl sites for hydroxylation is 1. The molecule has 0 radical (unpaired) electrons. The Kier molecular flexibility index (Phi) is 6.91. The van der Waals surface area contributed by atoms with Gasteiger partial charge in [0.1, 0.15) is 0 Å². The smallest absolute Gasteiger partial charge is 0.243 e. The zero-order valence-electron chi connectivity index (χ0n) is 14.4. The zero-order chi connectivity index (χ0) is 18.4. The maximum absolute atomic E-state index is 12.2. The first kappa shape index (κ1) is 19.3. The predicted octanol–water partition coefficient (Wildman–Crippen LogP) is 4.19. The Morgan fingerprint density at radius 2 is 1.80 bits per heavy atom. The van der Waals surface area contributed by atoms with Gasteiger partial charge >= 0.3 is 0 Å². The van der Waals surface area contributed by atoms with Gasteiger partial charge in [0.25, 0.3) is 0 Å². The van der Waals surface area contributed by atoms with E-state index in [1.807, 2.05) is 44.2 Å². The van der Waals surface area contributed by atoms with Gasteiger partial charge in [0, 0.05) is 15.6 Å². The highest BCUT2D eigenvalue weighted by Crippen LogP contribution is 2.24. The lowest BCUT2D eigenvalue weighted by molar-refractivity contribution is -0.123. The van der Waals surface area contributed by atoms with Crippen LogP contribution in [-0.2, 0) is 9.59 Å². The van der Waals surface area contributed by atoms with E-state index < -0.39 is 0 Å². The molecule has 1 atom stereocenters. The lowest BCUT2D eigenvalue weighted by atomic mass is 10.1. The fraction of sp³-hybridized carbons (Fsp3) is 0.263. The second-order valence-corrected chi connectivity index (χ2v) is 7.58. The molecule has 0 aliphatic heterocycles. The second-order valence-electron chi connectivity index (χ2n) is 5.73. The van der Waals surface area contributed by atoms with Crippen molar-refractivity contribution in [2.24, 2.45) is 0 Å². The first-order valence-corrected chi connectivity index (χ1v) is 9.18. The molecule has 2 rings (SSSR count). The second kappa shape index (κ2) is 8.92. The number of hydrogen-bond acceptors (Lipinski definition) is 3. The number of benzene rings is 2. The van der Waals surface area contributed by atoms with E-state index in [9.17, 15) is 9.59 Å². The third-order valence-corrected chi connectivity index (χ3v) is 5.16. The summed E-state index contributed by atoms with van der Waals surface area (Å²) in [5.74, 6) is -0.429. The highest BCUT2D eigenvalue weighted by atomic mass is 35.5. The van der Waals surface area contributed by atoms with E-state index in [1.54, 1.807) is 19.1 Å². The Labute approximate surface area is 157 Å². The molecule has 0 aliphatic rings. The van der Waals surface area contributed by atoms with Gasteiger partial charge in [0.15, 0.2) is 0 Å². The van der Waals surface area contributed by atoms with Crippen LogP contribution in [0.3, 0.4) is 0 Å². The molecule has 0 heterocycles. The Morgan fingerprint density at radius 3 is 2.48 bits per heavy atom. The Bertz CT molecular complexity index is 763. The van der Waals surface area contributed by atoms with E-state index in [2.05, 4.69) is 10.6 Å². The molecule has 25 heavy (non-hydrogen) atoms. The van der Waals surface area contributed by atoms with Crippen molar-refractivity contribution in [3.8, 4) is 0 Å². The minimum Gasteiger partial charge on any atom is -0.346 e. The SMILES string of the molecule is Cc1cccc(NC(=O)CNC(=O)[C@@H](C)Sc2ccc(Cl)cc2)c1C. The molecular weight excluding hydrogens is 356 g/mol. The van der Waals surface area contributed by atoms with Crippen LogP contribution >= 0.6 is 23.4 Å². The van der Waals surface area contributed by atoms with Gasteiger partial charge in [-0.2, -0.15) is 0 Å². The van der Waals surface area contributed by atoms with Gasteiger partial charge in [-0.05, 0) is 62.2 Å². The highest BCUT2D eigenvalue weighted by Gasteiger charge is 2.15. The van der Waals surface area contributed by atoms with Gasteiger partial charge in [-0.1, -0.05) is 23.7 Å². The van der Waals surface area contributed by atoms with Gasteiger partial charge in [0.05, 0.1) is 11.8 Å². The molecule has 0 aliphatic carbocycles. The molecule has 0 unspecified atom stereocenters. The number of amides is 2. The van der Waals surface area contributed by atoms with E-state index in [4.69, 9.17) is 11.6 Å². The minimum absolute atomic E-state index is 0.0578. The molecule has 2 amide bonds. The van der Waals surface area contributed by atoms with Crippen molar-refractivity contribution < 1.29 is 9.59 Å². The summed E-state index contributed by atoms with van der Waals surface area (Å²) in [7, 11) is 0. The summed E-state index contributed by atoms with van der Waals surface area (Å²) >= 11 is 7.27. The number of hydrogen-bond donors (Lipinski definition) is 2. The van der Waals surface area contributed by atoms with E-state index >= 15 is 0 Å². The molecule has 2 aromatic rings. The molecule has 0 aromatic heterocycles. The predicted molar refractivity (Wildman–Crippen MR) is 104 cm³/mol. The minimum atomic E-state index is -0.310. The molecule has 0 bridgehead atoms. The van der Waals surface area contributed by atoms with Crippen LogP contribution < -0.4 is 10.6 Å². The van der Waals surface area contributed by atoms with Crippen LogP contribution in [0.1, 0.15) is 18.1 Å². The number of halogens is 1. The quantitative estimate of drug-likeness (QED) is 0.743. The standard InChI is InChI=1S/C19H21ClN2O2S/c1-12-5-4-6-17(13(12)2)22-18(23)11-21-19(24)14(3)25-16-9-7-15(20)8-10-16/h4-10,14H,11H2,1-3H3,(H,21,24)(H,22,23)/t14-/m1/s1. The van der Waals surface area contributed by atoms with Crippen LogP contribution in [0.4, 0.5) is 5.69 Å². The maximum atomic E-state index is 12.2. The largest absolute Gasteiger partial charge is 0.346 e. The van der Waals surface area contributed by atoms with Crippen LogP contribution in [0.25, 0.3) is 0 Å². The zero-order valence-corrected chi connectivity index (χ0v) is 16.0. The Morgan fingerprint density at radius 1 is 1.12 bits per heavy atom. The average Bonchev–Trinajstić information content (AvgIpc) is 2.59. The van der Waals surface area contributed by atoms with E-state index in [1.165, 1.54) is 11.8 Å². The third kappa shape index (κ3) is 5.80. The van der Waals surface area contributed by atoms with Gasteiger partial charge in [-0.25, -0.2) is 0 Å². The molecule has 132 valence electrons. The Hall–Kier alpha value is -1.98. The summed E-state index contributed by atoms with van der Waals surface area (Å²) in [4.78, 5) is 25.2. The van der Waals surface area contributed by atoms with Crippen molar-refractivity contribution in [1.29, 1.82) is 0 Å². The average molecular weight is 377 g/mol. The fourth-order valence-electron chi connectivity index (χ4n) is 2.16. The van der Waals surface area contributed by atoms with Crippen LogP contribution in [-0.4, -0.2) is 23.6 Å². The van der Waals surface area contributed by atoms with Crippen molar-refractivity contribution >= 4 is 40.9 Å². The first-order valence-electron chi connectivity index (χ1n) is 7.93.